The Morgan fingerprint density at radius 3 is 2.33 bits per heavy atom. The average molecular weight is 546 g/mol. The molecule has 3 rings (SSSR count). The summed E-state index contributed by atoms with van der Waals surface area (Å²) in [6.45, 7) is 4.85. The first-order valence-electron chi connectivity index (χ1n) is 11.2. The molecule has 3 aromatic carbocycles. The van der Waals surface area contributed by atoms with Crippen molar-refractivity contribution in [3.63, 3.8) is 0 Å². The average Bonchev–Trinajstić information content (AvgIpc) is 2.89. The van der Waals surface area contributed by atoms with Crippen LogP contribution >= 0.6 is 15.9 Å². The summed E-state index contributed by atoms with van der Waals surface area (Å²) in [5.74, 6) is 1.06. The van der Waals surface area contributed by atoms with E-state index in [1.165, 1.54) is 6.08 Å². The molecule has 0 aliphatic carbocycles. The maximum atomic E-state index is 12.7. The first-order chi connectivity index (χ1) is 17.5. The van der Waals surface area contributed by atoms with Crippen LogP contribution in [-0.4, -0.2) is 19.1 Å². The Labute approximate surface area is 218 Å². The lowest BCUT2D eigenvalue weighted by Crippen LogP contribution is -2.13. The SMILES string of the molecule is CCOc1ccc(NC(=O)/C(C#N)=C/c2cc(OCC)c(OCc3ccccc3C#N)cc2Br)cc1. The van der Waals surface area contributed by atoms with E-state index in [0.717, 1.165) is 5.56 Å². The lowest BCUT2D eigenvalue weighted by atomic mass is 10.1. The van der Waals surface area contributed by atoms with Gasteiger partial charge < -0.3 is 19.5 Å². The fraction of sp³-hybridized carbons (Fsp3) is 0.179. The highest BCUT2D eigenvalue weighted by atomic mass is 79.9. The highest BCUT2D eigenvalue weighted by molar-refractivity contribution is 9.10. The molecule has 0 saturated carbocycles. The van der Waals surface area contributed by atoms with Crippen molar-refractivity contribution < 1.29 is 19.0 Å². The van der Waals surface area contributed by atoms with Gasteiger partial charge >= 0.3 is 0 Å². The van der Waals surface area contributed by atoms with Gasteiger partial charge in [-0.2, -0.15) is 10.5 Å². The number of halogens is 1. The van der Waals surface area contributed by atoms with Crippen LogP contribution in [0.25, 0.3) is 6.08 Å². The smallest absolute Gasteiger partial charge is 0.266 e. The Hall–Kier alpha value is -4.27. The van der Waals surface area contributed by atoms with Crippen LogP contribution in [0.3, 0.4) is 0 Å². The predicted molar refractivity (Wildman–Crippen MR) is 141 cm³/mol. The third kappa shape index (κ3) is 6.88. The number of rotatable bonds is 10. The molecule has 0 aromatic heterocycles. The molecule has 0 spiro atoms. The molecule has 0 heterocycles. The number of carbonyl (C=O) groups is 1. The maximum absolute atomic E-state index is 12.7. The van der Waals surface area contributed by atoms with Crippen LogP contribution in [0.4, 0.5) is 5.69 Å². The monoisotopic (exact) mass is 545 g/mol. The minimum absolute atomic E-state index is 0.0800. The van der Waals surface area contributed by atoms with Gasteiger partial charge in [0.25, 0.3) is 5.91 Å². The topological polar surface area (TPSA) is 104 Å². The maximum Gasteiger partial charge on any atom is 0.266 e. The van der Waals surface area contributed by atoms with Crippen molar-refractivity contribution in [3.8, 4) is 29.4 Å². The molecule has 0 aliphatic heterocycles. The summed E-state index contributed by atoms with van der Waals surface area (Å²) in [5.41, 5.74) is 2.32. The fourth-order valence-electron chi connectivity index (χ4n) is 3.26. The first kappa shape index (κ1) is 26.3. The Bertz CT molecular complexity index is 1340. The molecule has 0 aliphatic rings. The molecule has 7 nitrogen and oxygen atoms in total. The van der Waals surface area contributed by atoms with E-state index in [-0.39, 0.29) is 12.2 Å². The van der Waals surface area contributed by atoms with E-state index in [9.17, 15) is 15.3 Å². The van der Waals surface area contributed by atoms with E-state index in [4.69, 9.17) is 14.2 Å². The van der Waals surface area contributed by atoms with Crippen molar-refractivity contribution in [2.24, 2.45) is 0 Å². The fourth-order valence-corrected chi connectivity index (χ4v) is 3.69. The van der Waals surface area contributed by atoms with E-state index in [2.05, 4.69) is 27.3 Å². The third-order valence-electron chi connectivity index (χ3n) is 4.97. The number of hydrogen-bond donors (Lipinski definition) is 1. The Morgan fingerprint density at radius 1 is 0.972 bits per heavy atom. The van der Waals surface area contributed by atoms with Crippen LogP contribution in [0.15, 0.2) is 70.7 Å². The van der Waals surface area contributed by atoms with Crippen molar-refractivity contribution in [2.75, 3.05) is 18.5 Å². The van der Waals surface area contributed by atoms with Gasteiger partial charge in [-0.25, -0.2) is 0 Å². The first-order valence-corrected chi connectivity index (χ1v) is 12.0. The molecule has 0 saturated heterocycles. The number of ether oxygens (including phenoxy) is 3. The van der Waals surface area contributed by atoms with Gasteiger partial charge in [0.05, 0.1) is 24.8 Å². The summed E-state index contributed by atoms with van der Waals surface area (Å²) in [4.78, 5) is 12.7. The minimum atomic E-state index is -0.542. The van der Waals surface area contributed by atoms with Crippen molar-refractivity contribution in [1.29, 1.82) is 10.5 Å². The van der Waals surface area contributed by atoms with Gasteiger partial charge in [-0.1, -0.05) is 34.1 Å². The molecule has 1 amide bonds. The number of benzene rings is 3. The van der Waals surface area contributed by atoms with Crippen molar-refractivity contribution in [2.45, 2.75) is 20.5 Å². The van der Waals surface area contributed by atoms with Gasteiger partial charge in [-0.3, -0.25) is 4.79 Å². The van der Waals surface area contributed by atoms with Gasteiger partial charge in [0, 0.05) is 15.7 Å². The van der Waals surface area contributed by atoms with Crippen LogP contribution < -0.4 is 19.5 Å². The second-order valence-corrected chi connectivity index (χ2v) is 8.25. The molecule has 36 heavy (non-hydrogen) atoms. The summed E-state index contributed by atoms with van der Waals surface area (Å²) in [6, 6.07) is 21.6. The molecule has 0 radical (unpaired) electrons. The van der Waals surface area contributed by atoms with Crippen molar-refractivity contribution in [1.82, 2.24) is 0 Å². The van der Waals surface area contributed by atoms with Crippen molar-refractivity contribution in [3.05, 3.63) is 87.4 Å². The largest absolute Gasteiger partial charge is 0.494 e. The summed E-state index contributed by atoms with van der Waals surface area (Å²) >= 11 is 3.50. The van der Waals surface area contributed by atoms with Crippen LogP contribution in [-0.2, 0) is 11.4 Å². The number of amides is 1. The van der Waals surface area contributed by atoms with Crippen LogP contribution in [0.5, 0.6) is 17.2 Å². The predicted octanol–water partition coefficient (Wildman–Crippen LogP) is 6.24. The number of carbonyl (C=O) groups excluding carboxylic acids is 1. The lowest BCUT2D eigenvalue weighted by molar-refractivity contribution is -0.112. The molecular formula is C28H24BrN3O4. The third-order valence-corrected chi connectivity index (χ3v) is 5.66. The number of anilines is 1. The van der Waals surface area contributed by atoms with Crippen LogP contribution in [0.1, 0.15) is 30.5 Å². The Morgan fingerprint density at radius 2 is 1.67 bits per heavy atom. The lowest BCUT2D eigenvalue weighted by Gasteiger charge is -2.15. The molecule has 8 heteroatoms. The molecular weight excluding hydrogens is 522 g/mol. The molecule has 182 valence electrons. The summed E-state index contributed by atoms with van der Waals surface area (Å²) < 4.78 is 17.7. The highest BCUT2D eigenvalue weighted by Crippen LogP contribution is 2.35. The standard InChI is InChI=1S/C28H24BrN3O4/c1-3-34-24-11-9-23(10-12-24)32-28(33)22(17-31)13-21-14-26(35-4-2)27(15-25(21)29)36-18-20-8-6-5-7-19(20)16-30/h5-15H,3-4,18H2,1-2H3,(H,32,33)/b22-13+. The van der Waals surface area contributed by atoms with E-state index < -0.39 is 5.91 Å². The normalized spacial score (nSPS) is 10.6. The van der Waals surface area contributed by atoms with Gasteiger partial charge in [0.15, 0.2) is 11.5 Å². The van der Waals surface area contributed by atoms with Gasteiger partial charge in [0.2, 0.25) is 0 Å². The Balaban J connectivity index is 1.82. The molecule has 0 atom stereocenters. The molecule has 0 fully saturated rings. The van der Waals surface area contributed by atoms with Crippen LogP contribution in [0, 0.1) is 22.7 Å². The summed E-state index contributed by atoms with van der Waals surface area (Å²) in [5, 5.41) is 21.7. The van der Waals surface area contributed by atoms with Gasteiger partial charge in [0.1, 0.15) is 24.0 Å². The number of nitriles is 2. The Kier molecular flexibility index (Phi) is 9.50. The molecule has 3 aromatic rings. The summed E-state index contributed by atoms with van der Waals surface area (Å²) in [6.07, 6.45) is 1.48. The zero-order valence-electron chi connectivity index (χ0n) is 19.9. The van der Waals surface area contributed by atoms with E-state index in [1.54, 1.807) is 48.5 Å². The van der Waals surface area contributed by atoms with Gasteiger partial charge in [-0.05, 0) is 68.0 Å². The minimum Gasteiger partial charge on any atom is -0.494 e. The van der Waals surface area contributed by atoms with E-state index in [1.807, 2.05) is 32.0 Å². The number of nitrogens with zero attached hydrogens (tertiary/aromatic N) is 2. The van der Waals surface area contributed by atoms with E-state index >= 15 is 0 Å². The second kappa shape index (κ2) is 13.0. The summed E-state index contributed by atoms with van der Waals surface area (Å²) in [7, 11) is 0. The molecule has 1 N–H and O–H groups in total. The van der Waals surface area contributed by atoms with Crippen molar-refractivity contribution >= 4 is 33.6 Å². The zero-order valence-corrected chi connectivity index (χ0v) is 21.5. The quantitative estimate of drug-likeness (QED) is 0.238. The zero-order chi connectivity index (χ0) is 25.9. The number of hydrogen-bond acceptors (Lipinski definition) is 6. The second-order valence-electron chi connectivity index (χ2n) is 7.39. The van der Waals surface area contributed by atoms with Crippen LogP contribution in [0.2, 0.25) is 0 Å². The molecule has 0 unspecified atom stereocenters. The van der Waals surface area contributed by atoms with Gasteiger partial charge in [-0.15, -0.1) is 0 Å². The highest BCUT2D eigenvalue weighted by Gasteiger charge is 2.15. The van der Waals surface area contributed by atoms with E-state index in [0.29, 0.717) is 51.7 Å². The molecule has 0 bridgehead atoms. The number of nitrogens with one attached hydrogen (secondary N) is 1.